The highest BCUT2D eigenvalue weighted by molar-refractivity contribution is 8.03. The summed E-state index contributed by atoms with van der Waals surface area (Å²) in [5.74, 6) is -1.90. The quantitative estimate of drug-likeness (QED) is 0.331. The summed E-state index contributed by atoms with van der Waals surface area (Å²) in [5.41, 5.74) is 0.198. The van der Waals surface area contributed by atoms with E-state index in [-0.39, 0.29) is 27.7 Å². The molecule has 0 spiro atoms. The van der Waals surface area contributed by atoms with Gasteiger partial charge in [0.05, 0.1) is 17.7 Å². The van der Waals surface area contributed by atoms with E-state index in [0.29, 0.717) is 22.3 Å². The van der Waals surface area contributed by atoms with Crippen molar-refractivity contribution in [3.05, 3.63) is 52.6 Å². The zero-order valence-corrected chi connectivity index (χ0v) is 16.4. The highest BCUT2D eigenvalue weighted by Crippen LogP contribution is 2.38. The lowest BCUT2D eigenvalue weighted by atomic mass is 10.1. The summed E-state index contributed by atoms with van der Waals surface area (Å²) >= 11 is 6.62. The molecule has 10 heteroatoms. The molecule has 0 unspecified atom stereocenters. The van der Waals surface area contributed by atoms with Gasteiger partial charge in [-0.3, -0.25) is 14.9 Å². The maximum Gasteiger partial charge on any atom is 0.335 e. The minimum Gasteiger partial charge on any atom is -0.503 e. The highest BCUT2D eigenvalue weighted by Gasteiger charge is 2.37. The number of thioether (sulfide) groups is 1. The van der Waals surface area contributed by atoms with E-state index in [1.165, 1.54) is 37.5 Å². The molecular formula is C19H12ClN3O5S. The second-order valence-corrected chi connectivity index (χ2v) is 6.96. The number of carbonyl (C=O) groups excluding carboxylic acids is 3. The van der Waals surface area contributed by atoms with Crippen molar-refractivity contribution in [2.24, 2.45) is 0 Å². The highest BCUT2D eigenvalue weighted by atomic mass is 35.5. The number of methoxy groups -OCH3 is 1. The normalized spacial score (nSPS) is 15.3. The van der Waals surface area contributed by atoms with Crippen LogP contribution in [0.2, 0.25) is 5.02 Å². The number of hydrogen-bond donors (Lipinski definition) is 2. The van der Waals surface area contributed by atoms with E-state index in [1.807, 2.05) is 5.40 Å². The molecule has 1 aliphatic rings. The Hall–Kier alpha value is -3.48. The number of aromatic hydroxyl groups is 1. The van der Waals surface area contributed by atoms with Gasteiger partial charge in [-0.15, -0.1) is 0 Å². The molecule has 2 aromatic rings. The number of hydrogen-bond acceptors (Lipinski definition) is 7. The number of imide groups is 2. The van der Waals surface area contributed by atoms with Crippen LogP contribution in [0.15, 0.2) is 46.9 Å². The number of urea groups is 1. The monoisotopic (exact) mass is 429 g/mol. The summed E-state index contributed by atoms with van der Waals surface area (Å²) in [6.45, 7) is 0. The van der Waals surface area contributed by atoms with Crippen LogP contribution in [0.4, 0.5) is 10.5 Å². The van der Waals surface area contributed by atoms with Gasteiger partial charge in [0.2, 0.25) is 0 Å². The third-order valence-corrected chi connectivity index (χ3v) is 4.77. The molecule has 2 aromatic carbocycles. The van der Waals surface area contributed by atoms with Crippen LogP contribution >= 0.6 is 23.4 Å². The van der Waals surface area contributed by atoms with Crippen molar-refractivity contribution in [2.45, 2.75) is 4.90 Å². The van der Waals surface area contributed by atoms with E-state index in [1.54, 1.807) is 12.1 Å². The fraction of sp³-hybridized carbons (Fsp3) is 0.0526. The molecule has 0 bridgehead atoms. The lowest BCUT2D eigenvalue weighted by molar-refractivity contribution is -0.122. The second-order valence-electron chi connectivity index (χ2n) is 5.70. The van der Waals surface area contributed by atoms with Crippen LogP contribution < -0.4 is 15.0 Å². The molecule has 146 valence electrons. The van der Waals surface area contributed by atoms with Crippen LogP contribution in [0.5, 0.6) is 11.5 Å². The fourth-order valence-electron chi connectivity index (χ4n) is 2.64. The Bertz CT molecular complexity index is 1110. The summed E-state index contributed by atoms with van der Waals surface area (Å²) in [4.78, 5) is 38.4. The van der Waals surface area contributed by atoms with E-state index >= 15 is 0 Å². The predicted octanol–water partition coefficient (Wildman–Crippen LogP) is 3.29. The van der Waals surface area contributed by atoms with Gasteiger partial charge in [-0.1, -0.05) is 17.7 Å². The van der Waals surface area contributed by atoms with Crippen LogP contribution in [0.3, 0.4) is 0 Å². The molecule has 1 heterocycles. The summed E-state index contributed by atoms with van der Waals surface area (Å²) in [7, 11) is 1.32. The Morgan fingerprint density at radius 3 is 2.69 bits per heavy atom. The molecule has 0 saturated carbocycles. The van der Waals surface area contributed by atoms with Gasteiger partial charge in [0, 0.05) is 5.02 Å². The van der Waals surface area contributed by atoms with Crippen LogP contribution in [0.1, 0.15) is 5.56 Å². The Labute approximate surface area is 174 Å². The number of phenolic OH excluding ortho intramolecular Hbond substituents is 1. The van der Waals surface area contributed by atoms with Crippen molar-refractivity contribution in [1.82, 2.24) is 5.32 Å². The predicted molar refractivity (Wildman–Crippen MR) is 107 cm³/mol. The first-order valence-corrected chi connectivity index (χ1v) is 9.19. The smallest absolute Gasteiger partial charge is 0.335 e. The largest absolute Gasteiger partial charge is 0.503 e. The van der Waals surface area contributed by atoms with Crippen molar-refractivity contribution in [3.8, 4) is 16.9 Å². The lowest BCUT2D eigenvalue weighted by Crippen LogP contribution is -2.54. The van der Waals surface area contributed by atoms with Gasteiger partial charge in [-0.25, -0.2) is 9.69 Å². The number of amides is 4. The van der Waals surface area contributed by atoms with Crippen molar-refractivity contribution in [3.63, 3.8) is 0 Å². The standard InChI is InChI=1S/C19H12ClN3O5S/c1-28-14-6-10(7-15(16(14)24)29-9-21)5-13-17(25)22-19(27)23(18(13)26)12-4-2-3-11(20)8-12/h2-8,24H,1H3,(H,22,25,27)/b13-5-. The summed E-state index contributed by atoms with van der Waals surface area (Å²) in [6, 6.07) is 7.97. The van der Waals surface area contributed by atoms with E-state index in [0.717, 1.165) is 4.90 Å². The number of barbiturate groups is 1. The van der Waals surface area contributed by atoms with Crippen molar-refractivity contribution in [1.29, 1.82) is 5.26 Å². The number of anilines is 1. The van der Waals surface area contributed by atoms with Gasteiger partial charge in [0.15, 0.2) is 11.5 Å². The van der Waals surface area contributed by atoms with Crippen molar-refractivity contribution >= 4 is 53.0 Å². The first-order valence-electron chi connectivity index (χ1n) is 7.99. The number of benzene rings is 2. The zero-order chi connectivity index (χ0) is 21.1. The topological polar surface area (TPSA) is 120 Å². The molecular weight excluding hydrogens is 418 g/mol. The molecule has 0 aliphatic carbocycles. The van der Waals surface area contributed by atoms with Crippen LogP contribution in [-0.4, -0.2) is 30.1 Å². The summed E-state index contributed by atoms with van der Waals surface area (Å²) < 4.78 is 5.07. The van der Waals surface area contributed by atoms with Gasteiger partial charge >= 0.3 is 6.03 Å². The molecule has 1 aliphatic heterocycles. The number of rotatable bonds is 4. The Morgan fingerprint density at radius 2 is 2.03 bits per heavy atom. The molecule has 1 fully saturated rings. The molecule has 3 rings (SSSR count). The zero-order valence-electron chi connectivity index (χ0n) is 14.8. The minimum atomic E-state index is -0.900. The molecule has 1 saturated heterocycles. The van der Waals surface area contributed by atoms with E-state index in [4.69, 9.17) is 21.6 Å². The van der Waals surface area contributed by atoms with Gasteiger partial charge < -0.3 is 9.84 Å². The maximum atomic E-state index is 12.9. The van der Waals surface area contributed by atoms with Crippen molar-refractivity contribution in [2.75, 3.05) is 12.0 Å². The lowest BCUT2D eigenvalue weighted by Gasteiger charge is -2.26. The van der Waals surface area contributed by atoms with E-state index in [2.05, 4.69) is 5.32 Å². The molecule has 4 amide bonds. The number of carbonyl (C=O) groups is 3. The van der Waals surface area contributed by atoms with E-state index < -0.39 is 17.8 Å². The summed E-state index contributed by atoms with van der Waals surface area (Å²) in [6.07, 6.45) is 1.24. The number of phenols is 1. The Morgan fingerprint density at radius 1 is 1.28 bits per heavy atom. The average molecular weight is 430 g/mol. The molecule has 0 radical (unpaired) electrons. The van der Waals surface area contributed by atoms with Gasteiger partial charge in [-0.2, -0.15) is 5.26 Å². The van der Waals surface area contributed by atoms with Crippen LogP contribution in [0, 0.1) is 10.7 Å². The summed E-state index contributed by atoms with van der Waals surface area (Å²) in [5, 5.41) is 23.2. The SMILES string of the molecule is COc1cc(/C=C2/C(=O)NC(=O)N(c3cccc(Cl)c3)C2=O)cc(SC#N)c1O. The van der Waals surface area contributed by atoms with Gasteiger partial charge in [0.1, 0.15) is 11.0 Å². The third kappa shape index (κ3) is 4.03. The van der Waals surface area contributed by atoms with Crippen LogP contribution in [0.25, 0.3) is 6.08 Å². The Balaban J connectivity index is 2.07. The fourth-order valence-corrected chi connectivity index (χ4v) is 3.32. The minimum absolute atomic E-state index is 0.0588. The molecule has 29 heavy (non-hydrogen) atoms. The molecule has 8 nitrogen and oxygen atoms in total. The molecule has 2 N–H and O–H groups in total. The average Bonchev–Trinajstić information content (AvgIpc) is 2.67. The number of nitrogens with one attached hydrogen (secondary N) is 1. The number of halogens is 1. The Kier molecular flexibility index (Phi) is 5.77. The van der Waals surface area contributed by atoms with Crippen molar-refractivity contribution < 1.29 is 24.2 Å². The number of nitrogens with zero attached hydrogens (tertiary/aromatic N) is 2. The molecule has 0 atom stereocenters. The van der Waals surface area contributed by atoms with Gasteiger partial charge in [0.25, 0.3) is 11.8 Å². The second kappa shape index (κ2) is 8.26. The number of ether oxygens (including phenoxy) is 1. The van der Waals surface area contributed by atoms with E-state index in [9.17, 15) is 19.5 Å². The van der Waals surface area contributed by atoms with Crippen LogP contribution in [-0.2, 0) is 9.59 Å². The number of thiocyanates is 1. The third-order valence-electron chi connectivity index (χ3n) is 3.92. The first kappa shape index (κ1) is 20.3. The van der Waals surface area contributed by atoms with Gasteiger partial charge in [-0.05, 0) is 53.7 Å². The molecule has 0 aromatic heterocycles. The first-order chi connectivity index (χ1) is 13.8. The number of nitriles is 1. The maximum absolute atomic E-state index is 12.9.